The van der Waals surface area contributed by atoms with Crippen LogP contribution < -0.4 is 5.73 Å². The Bertz CT molecular complexity index is 351. The first-order valence-electron chi connectivity index (χ1n) is 6.79. The first-order valence-corrected chi connectivity index (χ1v) is 7.32. The molecule has 1 amide bonds. The summed E-state index contributed by atoms with van der Waals surface area (Å²) in [6, 6.07) is 0. The number of ether oxygens (including phenoxy) is 1. The van der Waals surface area contributed by atoms with Crippen LogP contribution in [0.1, 0.15) is 52.9 Å². The van der Waals surface area contributed by atoms with Crippen molar-refractivity contribution in [3.63, 3.8) is 0 Å². The molecule has 0 radical (unpaired) electrons. The summed E-state index contributed by atoms with van der Waals surface area (Å²) in [5.74, 6) is 0.599. The van der Waals surface area contributed by atoms with Crippen LogP contribution in [0, 0.1) is 11.3 Å². The number of carbonyl (C=O) groups is 2. The predicted molar refractivity (Wildman–Crippen MR) is 75.2 cm³/mol. The van der Waals surface area contributed by atoms with Crippen LogP contribution in [-0.4, -0.2) is 23.4 Å². The lowest BCUT2D eigenvalue weighted by Gasteiger charge is -2.49. The van der Waals surface area contributed by atoms with E-state index in [1.54, 1.807) is 0 Å². The minimum absolute atomic E-state index is 0.000000000000000222. The zero-order valence-corrected chi connectivity index (χ0v) is 12.8. The van der Waals surface area contributed by atoms with Crippen LogP contribution in [0.25, 0.3) is 0 Å². The van der Waals surface area contributed by atoms with Crippen molar-refractivity contribution in [3.8, 4) is 0 Å². The van der Waals surface area contributed by atoms with Crippen LogP contribution >= 0.6 is 11.6 Å². The van der Waals surface area contributed by atoms with Crippen molar-refractivity contribution in [1.82, 2.24) is 0 Å². The lowest BCUT2D eigenvalue weighted by Crippen LogP contribution is -2.55. The maximum atomic E-state index is 11.7. The third-order valence-electron chi connectivity index (χ3n) is 4.16. The van der Waals surface area contributed by atoms with Gasteiger partial charge >= 0.3 is 6.09 Å². The van der Waals surface area contributed by atoms with Crippen LogP contribution in [0.2, 0.25) is 0 Å². The molecule has 0 bridgehead atoms. The van der Waals surface area contributed by atoms with Gasteiger partial charge in [-0.2, -0.15) is 0 Å². The second-order valence-corrected chi connectivity index (χ2v) is 6.71. The molecular formula is C14H24ClNO3. The fourth-order valence-corrected chi connectivity index (χ4v) is 3.50. The first-order chi connectivity index (χ1) is 8.73. The summed E-state index contributed by atoms with van der Waals surface area (Å²) in [6.07, 6.45) is 2.49. The van der Waals surface area contributed by atoms with Gasteiger partial charge in [0.25, 0.3) is 0 Å². The number of hydrogen-bond donors (Lipinski definition) is 1. The molecule has 1 aliphatic rings. The average Bonchev–Trinajstić information content (AvgIpc) is 2.26. The molecule has 0 aromatic heterocycles. The standard InChI is InChI=1S/C14H24ClNO3/c1-13(2,3)14(7-8-15,19-12(16)18)10-5-4-6-11(17)9-10/h10H,4-9H2,1-3H3,(H2,16,18)/t10?,14-/m1/s1. The SMILES string of the molecule is CC(C)(C)[C@](CCCl)(OC(N)=O)C1CCCC(=O)C1. The summed E-state index contributed by atoms with van der Waals surface area (Å²) in [5.41, 5.74) is 4.17. The van der Waals surface area contributed by atoms with E-state index in [1.807, 2.05) is 20.8 Å². The highest BCUT2D eigenvalue weighted by Crippen LogP contribution is 2.47. The van der Waals surface area contributed by atoms with Crippen LogP contribution in [0.15, 0.2) is 0 Å². The maximum absolute atomic E-state index is 11.7. The van der Waals surface area contributed by atoms with Gasteiger partial charge in [0.15, 0.2) is 0 Å². The average molecular weight is 290 g/mol. The summed E-state index contributed by atoms with van der Waals surface area (Å²) in [6.45, 7) is 6.00. The minimum Gasteiger partial charge on any atom is -0.442 e. The van der Waals surface area contributed by atoms with Crippen LogP contribution in [0.4, 0.5) is 4.79 Å². The van der Waals surface area contributed by atoms with E-state index in [-0.39, 0.29) is 17.1 Å². The van der Waals surface area contributed by atoms with Gasteiger partial charge in [-0.25, -0.2) is 4.79 Å². The molecule has 5 heteroatoms. The van der Waals surface area contributed by atoms with E-state index in [0.717, 1.165) is 12.8 Å². The fourth-order valence-electron chi connectivity index (χ4n) is 3.22. The molecular weight excluding hydrogens is 266 g/mol. The molecule has 0 spiro atoms. The third kappa shape index (κ3) is 3.62. The lowest BCUT2D eigenvalue weighted by molar-refractivity contribution is -0.138. The molecule has 110 valence electrons. The zero-order valence-electron chi connectivity index (χ0n) is 12.0. The molecule has 0 aromatic rings. The maximum Gasteiger partial charge on any atom is 0.405 e. The third-order valence-corrected chi connectivity index (χ3v) is 4.35. The predicted octanol–water partition coefficient (Wildman–Crippen LogP) is 3.25. The van der Waals surface area contributed by atoms with E-state index in [9.17, 15) is 9.59 Å². The highest BCUT2D eigenvalue weighted by Gasteiger charge is 2.51. The van der Waals surface area contributed by atoms with Gasteiger partial charge in [0.05, 0.1) is 0 Å². The Kier molecular flexibility index (Phi) is 5.25. The number of rotatable bonds is 4. The number of primary amides is 1. The van der Waals surface area contributed by atoms with Gasteiger partial charge in [0.2, 0.25) is 0 Å². The number of hydrogen-bond acceptors (Lipinski definition) is 3. The molecule has 0 saturated heterocycles. The zero-order chi connectivity index (χ0) is 14.7. The van der Waals surface area contributed by atoms with Gasteiger partial charge in [-0.05, 0) is 12.8 Å². The molecule has 1 rings (SSSR count). The van der Waals surface area contributed by atoms with Crippen molar-refractivity contribution in [2.45, 2.75) is 58.5 Å². The number of halogens is 1. The molecule has 1 saturated carbocycles. The smallest absolute Gasteiger partial charge is 0.405 e. The Morgan fingerprint density at radius 3 is 2.53 bits per heavy atom. The van der Waals surface area contributed by atoms with Gasteiger partial charge in [-0.3, -0.25) is 4.79 Å². The van der Waals surface area contributed by atoms with Gasteiger partial charge in [0.1, 0.15) is 11.4 Å². The summed E-state index contributed by atoms with van der Waals surface area (Å²) in [5, 5.41) is 0. The molecule has 1 aliphatic carbocycles. The summed E-state index contributed by atoms with van der Waals surface area (Å²) < 4.78 is 5.53. The first kappa shape index (κ1) is 16.3. The van der Waals surface area contributed by atoms with Crippen molar-refractivity contribution >= 4 is 23.5 Å². The largest absolute Gasteiger partial charge is 0.442 e. The fraction of sp³-hybridized carbons (Fsp3) is 0.857. The van der Waals surface area contributed by atoms with E-state index in [1.165, 1.54) is 0 Å². The Labute approximate surface area is 120 Å². The molecule has 0 aliphatic heterocycles. The number of Topliss-reactive ketones (excluding diaryl/α,β-unsaturated/α-hetero) is 1. The van der Waals surface area contributed by atoms with E-state index < -0.39 is 11.7 Å². The lowest BCUT2D eigenvalue weighted by atomic mass is 9.63. The molecule has 0 heterocycles. The Morgan fingerprint density at radius 1 is 1.47 bits per heavy atom. The molecule has 1 unspecified atom stereocenters. The monoisotopic (exact) mass is 289 g/mol. The number of amides is 1. The van der Waals surface area contributed by atoms with Crippen molar-refractivity contribution in [2.24, 2.45) is 17.1 Å². The second-order valence-electron chi connectivity index (χ2n) is 6.33. The number of nitrogens with two attached hydrogens (primary N) is 1. The van der Waals surface area contributed by atoms with Gasteiger partial charge < -0.3 is 10.5 Å². The highest BCUT2D eigenvalue weighted by molar-refractivity contribution is 6.17. The summed E-state index contributed by atoms with van der Waals surface area (Å²) in [4.78, 5) is 23.1. The van der Waals surface area contributed by atoms with Crippen molar-refractivity contribution in [1.29, 1.82) is 0 Å². The van der Waals surface area contributed by atoms with Gasteiger partial charge in [-0.15, -0.1) is 11.6 Å². The molecule has 4 nitrogen and oxygen atoms in total. The highest BCUT2D eigenvalue weighted by atomic mass is 35.5. The quantitative estimate of drug-likeness (QED) is 0.808. The molecule has 2 N–H and O–H groups in total. The van der Waals surface area contributed by atoms with Gasteiger partial charge in [-0.1, -0.05) is 20.8 Å². The summed E-state index contributed by atoms with van der Waals surface area (Å²) >= 11 is 5.91. The van der Waals surface area contributed by atoms with E-state index >= 15 is 0 Å². The molecule has 1 fully saturated rings. The second kappa shape index (κ2) is 6.12. The van der Waals surface area contributed by atoms with Crippen molar-refractivity contribution < 1.29 is 14.3 Å². The minimum atomic E-state index is -0.793. The van der Waals surface area contributed by atoms with Crippen LogP contribution in [-0.2, 0) is 9.53 Å². The van der Waals surface area contributed by atoms with E-state index in [0.29, 0.717) is 25.1 Å². The molecule has 0 aromatic carbocycles. The summed E-state index contributed by atoms with van der Waals surface area (Å²) in [7, 11) is 0. The number of alkyl halides is 1. The normalized spacial score (nSPS) is 23.8. The number of carbonyl (C=O) groups excluding carboxylic acids is 2. The van der Waals surface area contributed by atoms with Crippen molar-refractivity contribution in [3.05, 3.63) is 0 Å². The topological polar surface area (TPSA) is 69.4 Å². The number of ketones is 1. The Morgan fingerprint density at radius 2 is 2.11 bits per heavy atom. The van der Waals surface area contributed by atoms with Crippen LogP contribution in [0.5, 0.6) is 0 Å². The van der Waals surface area contributed by atoms with Gasteiger partial charge in [0, 0.05) is 36.5 Å². The Balaban J connectivity index is 3.13. The van der Waals surface area contributed by atoms with E-state index in [4.69, 9.17) is 22.1 Å². The van der Waals surface area contributed by atoms with Crippen LogP contribution in [0.3, 0.4) is 0 Å². The van der Waals surface area contributed by atoms with E-state index in [2.05, 4.69) is 0 Å². The molecule has 19 heavy (non-hydrogen) atoms. The Hall–Kier alpha value is -0.770. The van der Waals surface area contributed by atoms with Crippen molar-refractivity contribution in [2.75, 3.05) is 5.88 Å². The molecule has 2 atom stereocenters.